The van der Waals surface area contributed by atoms with E-state index < -0.39 is 0 Å². The van der Waals surface area contributed by atoms with Gasteiger partial charge in [0.1, 0.15) is 11.5 Å². The topological polar surface area (TPSA) is 103 Å². The Hall–Kier alpha value is -2.54. The molecule has 0 spiro atoms. The van der Waals surface area contributed by atoms with Crippen LogP contribution >= 0.6 is 0 Å². The number of hydrogen-bond acceptors (Lipinski definition) is 6. The van der Waals surface area contributed by atoms with Gasteiger partial charge in [0, 0.05) is 32.7 Å². The van der Waals surface area contributed by atoms with Crippen LogP contribution in [-0.4, -0.2) is 41.1 Å². The minimum absolute atomic E-state index is 0.134. The second kappa shape index (κ2) is 7.30. The number of nitrogen functional groups attached to an aromatic ring is 1. The fraction of sp³-hybridized carbons (Fsp3) is 0.286. The predicted molar refractivity (Wildman–Crippen MR) is 78.5 cm³/mol. The largest absolute Gasteiger partial charge is 0.385 e. The molecule has 0 bridgehead atoms. The number of rotatable bonds is 6. The van der Waals surface area contributed by atoms with Gasteiger partial charge in [0.25, 0.3) is 5.91 Å². The van der Waals surface area contributed by atoms with Gasteiger partial charge in [0.05, 0.1) is 5.56 Å². The minimum atomic E-state index is -0.295. The van der Waals surface area contributed by atoms with Gasteiger partial charge in [-0.15, -0.1) is 0 Å². The maximum absolute atomic E-state index is 11.9. The number of methoxy groups -OCH3 is 1. The maximum Gasteiger partial charge on any atom is 0.256 e. The number of nitrogens with one attached hydrogen (secondary N) is 1. The Morgan fingerprint density at radius 3 is 2.90 bits per heavy atom. The first-order valence-electron chi connectivity index (χ1n) is 6.53. The molecule has 0 atom stereocenters. The Kier molecular flexibility index (Phi) is 5.16. The van der Waals surface area contributed by atoms with Crippen LogP contribution in [0.15, 0.2) is 30.6 Å². The zero-order chi connectivity index (χ0) is 15.1. The number of ether oxygens (including phenoxy) is 1. The van der Waals surface area contributed by atoms with Gasteiger partial charge in [0.2, 0.25) is 0 Å². The van der Waals surface area contributed by atoms with E-state index in [4.69, 9.17) is 10.5 Å². The van der Waals surface area contributed by atoms with E-state index in [9.17, 15) is 4.79 Å². The van der Waals surface area contributed by atoms with E-state index in [1.54, 1.807) is 25.4 Å². The van der Waals surface area contributed by atoms with E-state index in [-0.39, 0.29) is 17.3 Å². The molecule has 0 radical (unpaired) electrons. The zero-order valence-corrected chi connectivity index (χ0v) is 11.7. The molecule has 0 saturated heterocycles. The molecule has 0 saturated carbocycles. The van der Waals surface area contributed by atoms with Crippen LogP contribution in [0.2, 0.25) is 0 Å². The molecule has 0 fully saturated rings. The van der Waals surface area contributed by atoms with E-state index in [1.807, 2.05) is 6.07 Å². The van der Waals surface area contributed by atoms with Crippen LogP contribution in [0.4, 0.5) is 5.82 Å². The average molecular weight is 287 g/mol. The van der Waals surface area contributed by atoms with Crippen LogP contribution in [0.25, 0.3) is 11.5 Å². The molecular formula is C14H17N5O2. The summed E-state index contributed by atoms with van der Waals surface area (Å²) in [7, 11) is 1.62. The lowest BCUT2D eigenvalue weighted by molar-refractivity contribution is 0.0949. The molecule has 21 heavy (non-hydrogen) atoms. The standard InChI is InChI=1S/C14H17N5O2/c1-21-8-4-7-17-14(20)10-9-18-13(19-12(10)15)11-5-2-3-6-16-11/h2-3,5-6,9H,4,7-8H2,1H3,(H,17,20)(H2,15,18,19). The Bertz CT molecular complexity index is 604. The molecule has 0 aliphatic rings. The van der Waals surface area contributed by atoms with Crippen molar-refractivity contribution >= 4 is 11.7 Å². The molecule has 2 rings (SSSR count). The average Bonchev–Trinajstić information content (AvgIpc) is 2.52. The maximum atomic E-state index is 11.9. The zero-order valence-electron chi connectivity index (χ0n) is 11.7. The number of nitrogens with zero attached hydrogens (tertiary/aromatic N) is 3. The van der Waals surface area contributed by atoms with Crippen molar-refractivity contribution in [3.63, 3.8) is 0 Å². The summed E-state index contributed by atoms with van der Waals surface area (Å²) >= 11 is 0. The highest BCUT2D eigenvalue weighted by atomic mass is 16.5. The first kappa shape index (κ1) is 14.9. The molecule has 0 aliphatic carbocycles. The van der Waals surface area contributed by atoms with Crippen LogP contribution < -0.4 is 11.1 Å². The molecule has 1 amide bonds. The number of hydrogen-bond donors (Lipinski definition) is 2. The van der Waals surface area contributed by atoms with Crippen molar-refractivity contribution in [3.05, 3.63) is 36.2 Å². The summed E-state index contributed by atoms with van der Waals surface area (Å²) in [5.74, 6) is 0.232. The molecule has 7 nitrogen and oxygen atoms in total. The molecule has 7 heteroatoms. The lowest BCUT2D eigenvalue weighted by Crippen LogP contribution is -2.26. The third kappa shape index (κ3) is 3.96. The van der Waals surface area contributed by atoms with Gasteiger partial charge in [-0.25, -0.2) is 9.97 Å². The van der Waals surface area contributed by atoms with Crippen LogP contribution in [0, 0.1) is 0 Å². The number of pyridine rings is 1. The first-order chi connectivity index (χ1) is 10.2. The minimum Gasteiger partial charge on any atom is -0.385 e. The second-order valence-electron chi connectivity index (χ2n) is 4.31. The van der Waals surface area contributed by atoms with Crippen LogP contribution in [0.3, 0.4) is 0 Å². The normalized spacial score (nSPS) is 10.3. The highest BCUT2D eigenvalue weighted by Crippen LogP contribution is 2.14. The number of amides is 1. The Morgan fingerprint density at radius 2 is 2.24 bits per heavy atom. The van der Waals surface area contributed by atoms with Crippen molar-refractivity contribution in [2.45, 2.75) is 6.42 Å². The summed E-state index contributed by atoms with van der Waals surface area (Å²) < 4.78 is 4.91. The monoisotopic (exact) mass is 287 g/mol. The number of nitrogens with two attached hydrogens (primary N) is 1. The molecule has 2 aromatic rings. The van der Waals surface area contributed by atoms with Crippen molar-refractivity contribution < 1.29 is 9.53 Å². The van der Waals surface area contributed by atoms with E-state index in [2.05, 4.69) is 20.3 Å². The van der Waals surface area contributed by atoms with Crippen LogP contribution in [-0.2, 0) is 4.74 Å². The summed E-state index contributed by atoms with van der Waals surface area (Å²) in [5, 5.41) is 2.74. The van der Waals surface area contributed by atoms with Gasteiger partial charge in [-0.3, -0.25) is 9.78 Å². The number of aromatic nitrogens is 3. The summed E-state index contributed by atoms with van der Waals surface area (Å²) in [6.45, 7) is 1.10. The molecule has 2 heterocycles. The van der Waals surface area contributed by atoms with E-state index in [0.29, 0.717) is 24.7 Å². The lowest BCUT2D eigenvalue weighted by atomic mass is 10.2. The van der Waals surface area contributed by atoms with Crippen LogP contribution in [0.5, 0.6) is 0 Å². The lowest BCUT2D eigenvalue weighted by Gasteiger charge is -2.07. The van der Waals surface area contributed by atoms with E-state index in [1.165, 1.54) is 6.20 Å². The molecule has 0 unspecified atom stereocenters. The highest BCUT2D eigenvalue weighted by Gasteiger charge is 2.13. The summed E-state index contributed by atoms with van der Waals surface area (Å²) in [5.41, 5.74) is 6.69. The summed E-state index contributed by atoms with van der Waals surface area (Å²) in [4.78, 5) is 24.4. The fourth-order valence-electron chi connectivity index (χ4n) is 1.70. The fourth-order valence-corrected chi connectivity index (χ4v) is 1.70. The number of carbonyl (C=O) groups is 1. The van der Waals surface area contributed by atoms with Gasteiger partial charge in [-0.2, -0.15) is 0 Å². The first-order valence-corrected chi connectivity index (χ1v) is 6.53. The summed E-state index contributed by atoms with van der Waals surface area (Å²) in [6.07, 6.45) is 3.79. The van der Waals surface area contributed by atoms with Gasteiger partial charge in [0.15, 0.2) is 5.82 Å². The van der Waals surface area contributed by atoms with Gasteiger partial charge in [-0.05, 0) is 18.6 Å². The predicted octanol–water partition coefficient (Wildman–Crippen LogP) is 0.887. The van der Waals surface area contributed by atoms with E-state index in [0.717, 1.165) is 6.42 Å². The van der Waals surface area contributed by atoms with E-state index >= 15 is 0 Å². The smallest absolute Gasteiger partial charge is 0.256 e. The van der Waals surface area contributed by atoms with Gasteiger partial charge >= 0.3 is 0 Å². The summed E-state index contributed by atoms with van der Waals surface area (Å²) in [6, 6.07) is 5.41. The van der Waals surface area contributed by atoms with Crippen molar-refractivity contribution in [1.82, 2.24) is 20.3 Å². The quantitative estimate of drug-likeness (QED) is 0.765. The third-order valence-electron chi connectivity index (χ3n) is 2.77. The molecular weight excluding hydrogens is 270 g/mol. The van der Waals surface area contributed by atoms with Crippen molar-refractivity contribution in [1.29, 1.82) is 0 Å². The highest BCUT2D eigenvalue weighted by molar-refractivity contribution is 5.98. The molecule has 110 valence electrons. The van der Waals surface area contributed by atoms with Gasteiger partial charge < -0.3 is 15.8 Å². The second-order valence-corrected chi connectivity index (χ2v) is 4.31. The number of anilines is 1. The van der Waals surface area contributed by atoms with Crippen LogP contribution in [0.1, 0.15) is 16.8 Å². The van der Waals surface area contributed by atoms with Gasteiger partial charge in [-0.1, -0.05) is 6.07 Å². The third-order valence-corrected chi connectivity index (χ3v) is 2.77. The SMILES string of the molecule is COCCCNC(=O)c1cnc(-c2ccccn2)nc1N. The molecule has 0 aliphatic heterocycles. The molecule has 3 N–H and O–H groups in total. The Balaban J connectivity index is 2.07. The molecule has 2 aromatic heterocycles. The Morgan fingerprint density at radius 1 is 1.38 bits per heavy atom. The van der Waals surface area contributed by atoms with Crippen molar-refractivity contribution in [3.8, 4) is 11.5 Å². The molecule has 0 aromatic carbocycles. The Labute approximate surface area is 122 Å². The van der Waals surface area contributed by atoms with Crippen molar-refractivity contribution in [2.75, 3.05) is 26.0 Å². The van der Waals surface area contributed by atoms with Crippen molar-refractivity contribution in [2.24, 2.45) is 0 Å². The number of carbonyl (C=O) groups excluding carboxylic acids is 1.